The third kappa shape index (κ3) is 2.97. The molecule has 1 aromatic carbocycles. The molecule has 0 amide bonds. The fraction of sp³-hybridized carbons (Fsp3) is 0.250. The van der Waals surface area contributed by atoms with Gasteiger partial charge in [-0.25, -0.2) is 0 Å². The number of ether oxygens (including phenoxy) is 1. The smallest absolute Gasteiger partial charge is 0.126 e. The predicted molar refractivity (Wildman–Crippen MR) is 85.8 cm³/mol. The van der Waals surface area contributed by atoms with E-state index in [2.05, 4.69) is 4.98 Å². The van der Waals surface area contributed by atoms with E-state index < -0.39 is 0 Å². The van der Waals surface area contributed by atoms with E-state index in [0.717, 1.165) is 28.5 Å². The summed E-state index contributed by atoms with van der Waals surface area (Å²) in [5, 5.41) is 7.80. The minimum Gasteiger partial charge on any atom is -0.497 e. The Kier molecular flexibility index (Phi) is 4.12. The minimum atomic E-state index is 0.0235. The van der Waals surface area contributed by atoms with Gasteiger partial charge in [-0.3, -0.25) is 10.4 Å². The van der Waals surface area contributed by atoms with Gasteiger partial charge >= 0.3 is 0 Å². The number of rotatable bonds is 4. The molecular weight excluding hydrogens is 264 g/mol. The van der Waals surface area contributed by atoms with Gasteiger partial charge in [-0.15, -0.1) is 0 Å². The number of hydrogen-bond donors (Lipinski definition) is 2. The lowest BCUT2D eigenvalue weighted by Gasteiger charge is -2.24. The number of amidine groups is 1. The lowest BCUT2D eigenvalue weighted by atomic mass is 10.1. The minimum absolute atomic E-state index is 0.0235. The maximum Gasteiger partial charge on any atom is 0.126 e. The molecule has 110 valence electrons. The second kappa shape index (κ2) is 5.83. The van der Waals surface area contributed by atoms with Crippen LogP contribution in [0.4, 0.5) is 11.4 Å². The van der Waals surface area contributed by atoms with E-state index in [9.17, 15) is 0 Å². The van der Waals surface area contributed by atoms with Crippen molar-refractivity contribution in [1.82, 2.24) is 4.98 Å². The Hall–Kier alpha value is -2.56. The van der Waals surface area contributed by atoms with Gasteiger partial charge in [0.1, 0.15) is 11.6 Å². The zero-order valence-electron chi connectivity index (χ0n) is 12.8. The topological polar surface area (TPSA) is 75.2 Å². The van der Waals surface area contributed by atoms with Gasteiger partial charge in [0.2, 0.25) is 0 Å². The molecule has 0 bridgehead atoms. The number of pyridine rings is 1. The average molecular weight is 284 g/mol. The van der Waals surface area contributed by atoms with Crippen molar-refractivity contribution < 1.29 is 4.74 Å². The first-order valence-electron chi connectivity index (χ1n) is 6.64. The fourth-order valence-electron chi connectivity index (χ4n) is 2.35. The van der Waals surface area contributed by atoms with Crippen LogP contribution in [0.3, 0.4) is 0 Å². The van der Waals surface area contributed by atoms with Crippen molar-refractivity contribution in [2.75, 3.05) is 19.1 Å². The Morgan fingerprint density at radius 1 is 1.24 bits per heavy atom. The maximum atomic E-state index is 7.80. The highest BCUT2D eigenvalue weighted by molar-refractivity contribution is 6.02. The average Bonchev–Trinajstić information content (AvgIpc) is 2.45. The lowest BCUT2D eigenvalue weighted by molar-refractivity contribution is 0.415. The second-order valence-electron chi connectivity index (χ2n) is 4.91. The van der Waals surface area contributed by atoms with Gasteiger partial charge in [0, 0.05) is 18.4 Å². The molecule has 0 unspecified atom stereocenters. The largest absolute Gasteiger partial charge is 0.497 e. The monoisotopic (exact) mass is 284 g/mol. The Morgan fingerprint density at radius 2 is 1.86 bits per heavy atom. The van der Waals surface area contributed by atoms with E-state index in [1.54, 1.807) is 7.11 Å². The molecule has 0 aliphatic rings. The molecule has 0 radical (unpaired) electrons. The van der Waals surface area contributed by atoms with Crippen molar-refractivity contribution in [2.45, 2.75) is 13.8 Å². The number of nitrogens with zero attached hydrogens (tertiary/aromatic N) is 2. The van der Waals surface area contributed by atoms with Gasteiger partial charge in [0.15, 0.2) is 0 Å². The molecule has 1 heterocycles. The third-order valence-electron chi connectivity index (χ3n) is 3.40. The van der Waals surface area contributed by atoms with Crippen LogP contribution in [0.2, 0.25) is 0 Å². The number of anilines is 2. The number of aryl methyl sites for hydroxylation is 2. The van der Waals surface area contributed by atoms with Gasteiger partial charge in [-0.1, -0.05) is 0 Å². The van der Waals surface area contributed by atoms with Crippen LogP contribution >= 0.6 is 0 Å². The van der Waals surface area contributed by atoms with Crippen LogP contribution in [0.5, 0.6) is 5.75 Å². The van der Waals surface area contributed by atoms with Gasteiger partial charge in [0.05, 0.1) is 24.1 Å². The zero-order valence-corrected chi connectivity index (χ0v) is 12.8. The third-order valence-corrected chi connectivity index (χ3v) is 3.40. The summed E-state index contributed by atoms with van der Waals surface area (Å²) in [4.78, 5) is 6.39. The predicted octanol–water partition coefficient (Wildman–Crippen LogP) is 2.76. The van der Waals surface area contributed by atoms with Crippen molar-refractivity contribution in [3.05, 3.63) is 47.3 Å². The second-order valence-corrected chi connectivity index (χ2v) is 4.91. The Labute approximate surface area is 124 Å². The molecule has 0 aliphatic carbocycles. The van der Waals surface area contributed by atoms with Crippen molar-refractivity contribution in [2.24, 2.45) is 5.73 Å². The van der Waals surface area contributed by atoms with E-state index in [4.69, 9.17) is 15.9 Å². The number of nitrogen functional groups attached to an aromatic ring is 1. The first kappa shape index (κ1) is 14.8. The zero-order chi connectivity index (χ0) is 15.6. The molecule has 0 saturated carbocycles. The molecule has 0 spiro atoms. The Balaban J connectivity index is 2.51. The number of nitrogens with two attached hydrogens (primary N) is 1. The quantitative estimate of drug-likeness (QED) is 0.668. The highest BCUT2D eigenvalue weighted by Gasteiger charge is 2.15. The van der Waals surface area contributed by atoms with Crippen LogP contribution in [0.25, 0.3) is 0 Å². The van der Waals surface area contributed by atoms with Crippen LogP contribution in [0, 0.1) is 19.3 Å². The maximum absolute atomic E-state index is 7.80. The highest BCUT2D eigenvalue weighted by Crippen LogP contribution is 2.30. The molecule has 0 saturated heterocycles. The van der Waals surface area contributed by atoms with Crippen LogP contribution in [0.1, 0.15) is 17.0 Å². The number of benzene rings is 1. The molecule has 5 heteroatoms. The molecule has 3 N–H and O–H groups in total. The van der Waals surface area contributed by atoms with Crippen molar-refractivity contribution in [3.63, 3.8) is 0 Å². The van der Waals surface area contributed by atoms with Crippen LogP contribution in [-0.2, 0) is 0 Å². The summed E-state index contributed by atoms with van der Waals surface area (Å²) in [6, 6.07) is 9.68. The van der Waals surface area contributed by atoms with Gasteiger partial charge in [-0.2, -0.15) is 0 Å². The summed E-state index contributed by atoms with van der Waals surface area (Å²) in [6.07, 6.45) is 0. The molecule has 2 aromatic rings. The summed E-state index contributed by atoms with van der Waals surface area (Å²) >= 11 is 0. The standard InChI is InChI=1S/C16H20N4O/c1-10-9-14(15(16(17)18)11(2)19-10)20(3)12-5-7-13(21-4)8-6-12/h5-9H,1-4H3,(H3,17,18). The number of hydrogen-bond acceptors (Lipinski definition) is 4. The molecule has 2 rings (SSSR count). The Morgan fingerprint density at radius 3 is 2.38 bits per heavy atom. The summed E-state index contributed by atoms with van der Waals surface area (Å²) < 4.78 is 5.17. The summed E-state index contributed by atoms with van der Waals surface area (Å²) in [6.45, 7) is 3.80. The highest BCUT2D eigenvalue weighted by atomic mass is 16.5. The number of aromatic nitrogens is 1. The molecule has 5 nitrogen and oxygen atoms in total. The number of methoxy groups -OCH3 is 1. The summed E-state index contributed by atoms with van der Waals surface area (Å²) in [5.41, 5.74) is 9.91. The molecule has 1 aromatic heterocycles. The van der Waals surface area contributed by atoms with E-state index in [-0.39, 0.29) is 5.84 Å². The van der Waals surface area contributed by atoms with Crippen LogP contribution in [0.15, 0.2) is 30.3 Å². The molecule has 21 heavy (non-hydrogen) atoms. The van der Waals surface area contributed by atoms with Crippen molar-refractivity contribution >= 4 is 17.2 Å². The molecular formula is C16H20N4O. The first-order chi connectivity index (χ1) is 9.93. The van der Waals surface area contributed by atoms with E-state index in [0.29, 0.717) is 5.56 Å². The SMILES string of the molecule is COc1ccc(N(C)c2cc(C)nc(C)c2C(=N)N)cc1. The van der Waals surface area contributed by atoms with E-state index in [1.165, 1.54) is 0 Å². The Bertz CT molecular complexity index is 665. The van der Waals surface area contributed by atoms with E-state index in [1.807, 2.05) is 56.1 Å². The summed E-state index contributed by atoms with van der Waals surface area (Å²) in [5.74, 6) is 0.830. The summed E-state index contributed by atoms with van der Waals surface area (Å²) in [7, 11) is 3.59. The molecule has 0 atom stereocenters. The normalized spacial score (nSPS) is 10.3. The molecule has 0 aliphatic heterocycles. The number of nitrogens with one attached hydrogen (secondary N) is 1. The molecule has 0 fully saturated rings. The first-order valence-corrected chi connectivity index (χ1v) is 6.64. The van der Waals surface area contributed by atoms with E-state index >= 15 is 0 Å². The van der Waals surface area contributed by atoms with Crippen molar-refractivity contribution in [3.8, 4) is 5.75 Å². The van der Waals surface area contributed by atoms with Crippen LogP contribution in [-0.4, -0.2) is 25.0 Å². The van der Waals surface area contributed by atoms with Gasteiger partial charge in [0.25, 0.3) is 0 Å². The van der Waals surface area contributed by atoms with Gasteiger partial charge in [-0.05, 0) is 44.2 Å². The lowest BCUT2D eigenvalue weighted by Crippen LogP contribution is -2.21. The van der Waals surface area contributed by atoms with Crippen molar-refractivity contribution in [1.29, 1.82) is 5.41 Å². The van der Waals surface area contributed by atoms with Crippen LogP contribution < -0.4 is 15.4 Å². The fourth-order valence-corrected chi connectivity index (χ4v) is 2.35. The van der Waals surface area contributed by atoms with Gasteiger partial charge < -0.3 is 15.4 Å².